The van der Waals surface area contributed by atoms with Gasteiger partial charge in [-0.15, -0.1) is 0 Å². The van der Waals surface area contributed by atoms with Crippen molar-refractivity contribution in [3.05, 3.63) is 101 Å². The van der Waals surface area contributed by atoms with Gasteiger partial charge in [0.25, 0.3) is 11.8 Å². The molecule has 0 spiro atoms. The minimum absolute atomic E-state index is 0.259. The summed E-state index contributed by atoms with van der Waals surface area (Å²) >= 11 is 0. The maximum absolute atomic E-state index is 12.8. The van der Waals surface area contributed by atoms with Crippen LogP contribution in [0.5, 0.6) is 0 Å². The van der Waals surface area contributed by atoms with E-state index < -0.39 is 0 Å². The van der Waals surface area contributed by atoms with Gasteiger partial charge in [-0.1, -0.05) is 36.4 Å². The van der Waals surface area contributed by atoms with Crippen LogP contribution < -0.4 is 10.6 Å². The largest absolute Gasteiger partial charge is 0.322 e. The van der Waals surface area contributed by atoms with Crippen molar-refractivity contribution in [3.8, 4) is 0 Å². The lowest BCUT2D eigenvalue weighted by Crippen LogP contribution is -2.16. The minimum Gasteiger partial charge on any atom is -0.322 e. The van der Waals surface area contributed by atoms with Crippen molar-refractivity contribution >= 4 is 34.1 Å². The van der Waals surface area contributed by atoms with Crippen LogP contribution in [0.4, 0.5) is 11.4 Å². The van der Waals surface area contributed by atoms with Crippen LogP contribution in [-0.4, -0.2) is 16.8 Å². The number of aromatic nitrogens is 1. The number of pyridine rings is 1. The Kier molecular flexibility index (Phi) is 5.26. The molecule has 1 heterocycles. The van der Waals surface area contributed by atoms with Crippen molar-refractivity contribution in [2.24, 2.45) is 0 Å². The summed E-state index contributed by atoms with van der Waals surface area (Å²) in [5, 5.41) is 6.77. The lowest BCUT2D eigenvalue weighted by molar-refractivity contribution is 0.102. The lowest BCUT2D eigenvalue weighted by Gasteiger charge is -2.11. The molecule has 0 radical (unpaired) electrons. The molecule has 1 aromatic heterocycles. The summed E-state index contributed by atoms with van der Waals surface area (Å²) < 4.78 is 0. The molecule has 0 fully saturated rings. The Morgan fingerprint density at radius 3 is 2.10 bits per heavy atom. The molecule has 0 aliphatic rings. The predicted octanol–water partition coefficient (Wildman–Crippen LogP) is 5.36. The molecule has 0 aliphatic carbocycles. The molecule has 30 heavy (non-hydrogen) atoms. The van der Waals surface area contributed by atoms with Gasteiger partial charge in [0.15, 0.2) is 0 Å². The number of nitrogens with one attached hydrogen (secondary N) is 2. The standard InChI is InChI=1S/C25H21N3O2/c1-16-7-3-12-21(17(16)2)27-24(29)19-9-4-10-20(15-19)25(30)28-22-13-5-8-18-11-6-14-26-23(18)22/h3-15H,1-2H3,(H,27,29)(H,28,30). The van der Waals surface area contributed by atoms with Gasteiger partial charge in [-0.25, -0.2) is 0 Å². The van der Waals surface area contributed by atoms with Crippen LogP contribution in [-0.2, 0) is 0 Å². The highest BCUT2D eigenvalue weighted by Gasteiger charge is 2.13. The molecule has 5 heteroatoms. The zero-order chi connectivity index (χ0) is 21.1. The first-order valence-electron chi connectivity index (χ1n) is 9.65. The zero-order valence-corrected chi connectivity index (χ0v) is 16.8. The van der Waals surface area contributed by atoms with Crippen molar-refractivity contribution in [3.63, 3.8) is 0 Å². The highest BCUT2D eigenvalue weighted by atomic mass is 16.2. The summed E-state index contributed by atoms with van der Waals surface area (Å²) in [5.41, 5.74) is 5.04. The maximum Gasteiger partial charge on any atom is 0.255 e. The maximum atomic E-state index is 12.8. The molecule has 2 amide bonds. The average molecular weight is 395 g/mol. The van der Waals surface area contributed by atoms with Gasteiger partial charge in [0.2, 0.25) is 0 Å². The third-order valence-corrected chi connectivity index (χ3v) is 5.12. The summed E-state index contributed by atoms with van der Waals surface area (Å²) in [6.45, 7) is 3.96. The molecule has 4 aromatic rings. The molecule has 0 saturated heterocycles. The molecule has 0 aliphatic heterocycles. The van der Waals surface area contributed by atoms with Gasteiger partial charge in [0, 0.05) is 28.4 Å². The minimum atomic E-state index is -0.297. The quantitative estimate of drug-likeness (QED) is 0.489. The van der Waals surface area contributed by atoms with Crippen LogP contribution in [0, 0.1) is 13.8 Å². The van der Waals surface area contributed by atoms with Crippen molar-refractivity contribution in [1.82, 2.24) is 4.98 Å². The van der Waals surface area contributed by atoms with Crippen LogP contribution >= 0.6 is 0 Å². The fourth-order valence-electron chi connectivity index (χ4n) is 3.28. The van der Waals surface area contributed by atoms with Gasteiger partial charge < -0.3 is 10.6 Å². The first-order chi connectivity index (χ1) is 14.5. The van der Waals surface area contributed by atoms with E-state index in [1.54, 1.807) is 30.5 Å². The number of nitrogens with zero attached hydrogens (tertiary/aromatic N) is 1. The molecule has 5 nitrogen and oxygen atoms in total. The SMILES string of the molecule is Cc1cccc(NC(=O)c2cccc(C(=O)Nc3cccc4cccnc34)c2)c1C. The highest BCUT2D eigenvalue weighted by molar-refractivity contribution is 6.10. The number of benzene rings is 3. The lowest BCUT2D eigenvalue weighted by atomic mass is 10.1. The number of anilines is 2. The van der Waals surface area contributed by atoms with Crippen LogP contribution in [0.1, 0.15) is 31.8 Å². The third-order valence-electron chi connectivity index (χ3n) is 5.12. The molecule has 148 valence electrons. The Hall–Kier alpha value is -3.99. The van der Waals surface area contributed by atoms with Crippen LogP contribution in [0.15, 0.2) is 79.0 Å². The summed E-state index contributed by atoms with van der Waals surface area (Å²) in [6, 6.07) is 21.8. The number of rotatable bonds is 4. The molecular weight excluding hydrogens is 374 g/mol. The van der Waals surface area contributed by atoms with Gasteiger partial charge >= 0.3 is 0 Å². The molecule has 0 unspecified atom stereocenters. The second kappa shape index (κ2) is 8.17. The Morgan fingerprint density at radius 1 is 0.733 bits per heavy atom. The number of hydrogen-bond donors (Lipinski definition) is 2. The highest BCUT2D eigenvalue weighted by Crippen LogP contribution is 2.22. The van der Waals surface area contributed by atoms with Gasteiger partial charge in [0.1, 0.15) is 0 Å². The van der Waals surface area contributed by atoms with E-state index >= 15 is 0 Å². The molecular formula is C25H21N3O2. The van der Waals surface area contributed by atoms with E-state index in [4.69, 9.17) is 0 Å². The Morgan fingerprint density at radius 2 is 1.33 bits per heavy atom. The van der Waals surface area contributed by atoms with Gasteiger partial charge in [-0.05, 0) is 61.4 Å². The number of fused-ring (bicyclic) bond motifs is 1. The molecule has 4 rings (SSSR count). The number of para-hydroxylation sites is 1. The van der Waals surface area contributed by atoms with Crippen LogP contribution in [0.3, 0.4) is 0 Å². The summed E-state index contributed by atoms with van der Waals surface area (Å²) in [5.74, 6) is -0.556. The zero-order valence-electron chi connectivity index (χ0n) is 16.8. The number of amides is 2. The first-order valence-corrected chi connectivity index (χ1v) is 9.65. The molecule has 0 atom stereocenters. The molecule has 2 N–H and O–H groups in total. The van der Waals surface area contributed by atoms with E-state index in [1.165, 1.54) is 0 Å². The Labute approximate surface area is 174 Å². The van der Waals surface area contributed by atoms with E-state index in [9.17, 15) is 9.59 Å². The molecule has 3 aromatic carbocycles. The topological polar surface area (TPSA) is 71.1 Å². The van der Waals surface area contributed by atoms with Crippen molar-refractivity contribution < 1.29 is 9.59 Å². The number of carbonyl (C=O) groups excluding carboxylic acids is 2. The van der Waals surface area contributed by atoms with E-state index in [2.05, 4.69) is 15.6 Å². The van der Waals surface area contributed by atoms with E-state index in [-0.39, 0.29) is 11.8 Å². The van der Waals surface area contributed by atoms with Gasteiger partial charge in [0.05, 0.1) is 11.2 Å². The smallest absolute Gasteiger partial charge is 0.255 e. The number of hydrogen-bond acceptors (Lipinski definition) is 3. The van der Waals surface area contributed by atoms with E-state index in [0.29, 0.717) is 16.8 Å². The number of aryl methyl sites for hydroxylation is 1. The fraction of sp³-hybridized carbons (Fsp3) is 0.0800. The first kappa shape index (κ1) is 19.3. The monoisotopic (exact) mass is 395 g/mol. The number of carbonyl (C=O) groups is 2. The summed E-state index contributed by atoms with van der Waals surface area (Å²) in [6.07, 6.45) is 1.69. The summed E-state index contributed by atoms with van der Waals surface area (Å²) in [4.78, 5) is 29.9. The second-order valence-corrected chi connectivity index (χ2v) is 7.12. The second-order valence-electron chi connectivity index (χ2n) is 7.12. The van der Waals surface area contributed by atoms with Crippen molar-refractivity contribution in [2.45, 2.75) is 13.8 Å². The third kappa shape index (κ3) is 3.91. The molecule has 0 bridgehead atoms. The predicted molar refractivity (Wildman–Crippen MR) is 120 cm³/mol. The van der Waals surface area contributed by atoms with E-state index in [0.717, 1.165) is 27.7 Å². The van der Waals surface area contributed by atoms with Crippen LogP contribution in [0.2, 0.25) is 0 Å². The van der Waals surface area contributed by atoms with Gasteiger partial charge in [-0.3, -0.25) is 14.6 Å². The normalized spacial score (nSPS) is 10.6. The van der Waals surface area contributed by atoms with Crippen molar-refractivity contribution in [2.75, 3.05) is 10.6 Å². The van der Waals surface area contributed by atoms with Crippen molar-refractivity contribution in [1.29, 1.82) is 0 Å². The van der Waals surface area contributed by atoms with Gasteiger partial charge in [-0.2, -0.15) is 0 Å². The Balaban J connectivity index is 1.56. The Bertz CT molecular complexity index is 1260. The summed E-state index contributed by atoms with van der Waals surface area (Å²) in [7, 11) is 0. The van der Waals surface area contributed by atoms with E-state index in [1.807, 2.05) is 62.4 Å². The fourth-order valence-corrected chi connectivity index (χ4v) is 3.28. The van der Waals surface area contributed by atoms with Crippen LogP contribution in [0.25, 0.3) is 10.9 Å². The molecule has 0 saturated carbocycles. The average Bonchev–Trinajstić information content (AvgIpc) is 2.77.